The average molecular weight is 445 g/mol. The van der Waals surface area contributed by atoms with Crippen LogP contribution in [0.2, 0.25) is 5.02 Å². The second-order valence-electron chi connectivity index (χ2n) is 8.25. The second-order valence-corrected chi connectivity index (χ2v) is 8.63. The lowest BCUT2D eigenvalue weighted by Crippen LogP contribution is -2.51. The molecule has 168 valence electrons. The van der Waals surface area contributed by atoms with E-state index >= 15 is 0 Å². The number of amides is 2. The predicted octanol–water partition coefficient (Wildman–Crippen LogP) is 4.98. The van der Waals surface area contributed by atoms with Crippen molar-refractivity contribution in [3.63, 3.8) is 0 Å². The summed E-state index contributed by atoms with van der Waals surface area (Å²) in [5.41, 5.74) is 3.89. The number of nitrogens with zero attached hydrogens (tertiary/aromatic N) is 1. The van der Waals surface area contributed by atoms with Gasteiger partial charge in [-0.15, -0.1) is 0 Å². The van der Waals surface area contributed by atoms with Gasteiger partial charge in [-0.3, -0.25) is 9.59 Å². The Morgan fingerprint density at radius 2 is 1.65 bits per heavy atom. The van der Waals surface area contributed by atoms with Crippen molar-refractivity contribution in [2.24, 2.45) is 0 Å². The number of carbonyl (C=O) groups excluding carboxylic acids is 2. The molecule has 0 spiro atoms. The SMILES string of the molecule is CC[C@H](C(=O)NC(C)C)N(Cc1ccc(C)cc1)C(=O)COc1cc(C)c(Cl)c(C)c1. The third kappa shape index (κ3) is 7.00. The maximum atomic E-state index is 13.2. The maximum absolute atomic E-state index is 13.2. The third-order valence-corrected chi connectivity index (χ3v) is 5.66. The highest BCUT2D eigenvalue weighted by Crippen LogP contribution is 2.26. The van der Waals surface area contributed by atoms with E-state index in [0.29, 0.717) is 23.7 Å². The Kier molecular flexibility index (Phi) is 8.93. The van der Waals surface area contributed by atoms with Crippen LogP contribution in [0.4, 0.5) is 0 Å². The highest BCUT2D eigenvalue weighted by Gasteiger charge is 2.29. The Morgan fingerprint density at radius 1 is 1.06 bits per heavy atom. The van der Waals surface area contributed by atoms with Crippen LogP contribution in [0.3, 0.4) is 0 Å². The van der Waals surface area contributed by atoms with E-state index in [1.165, 1.54) is 0 Å². The lowest BCUT2D eigenvalue weighted by atomic mass is 10.1. The van der Waals surface area contributed by atoms with Gasteiger partial charge in [0.1, 0.15) is 11.8 Å². The number of benzene rings is 2. The van der Waals surface area contributed by atoms with E-state index in [0.717, 1.165) is 22.3 Å². The minimum atomic E-state index is -0.575. The molecule has 0 radical (unpaired) electrons. The Balaban J connectivity index is 2.23. The number of halogens is 1. The van der Waals surface area contributed by atoms with Gasteiger partial charge in [0.25, 0.3) is 5.91 Å². The fraction of sp³-hybridized carbons (Fsp3) is 0.440. The van der Waals surface area contributed by atoms with Crippen molar-refractivity contribution >= 4 is 23.4 Å². The molecule has 2 aromatic carbocycles. The topological polar surface area (TPSA) is 58.6 Å². The summed E-state index contributed by atoms with van der Waals surface area (Å²) in [5.74, 6) is 0.190. The number of hydrogen-bond donors (Lipinski definition) is 1. The Morgan fingerprint density at radius 3 is 2.16 bits per heavy atom. The van der Waals surface area contributed by atoms with Crippen LogP contribution >= 0.6 is 11.6 Å². The van der Waals surface area contributed by atoms with Crippen molar-refractivity contribution in [3.05, 3.63) is 63.7 Å². The minimum Gasteiger partial charge on any atom is -0.484 e. The van der Waals surface area contributed by atoms with E-state index in [9.17, 15) is 9.59 Å². The van der Waals surface area contributed by atoms with E-state index in [1.807, 2.05) is 77.9 Å². The normalized spacial score (nSPS) is 11.9. The molecule has 1 N–H and O–H groups in total. The molecule has 31 heavy (non-hydrogen) atoms. The summed E-state index contributed by atoms with van der Waals surface area (Å²) in [7, 11) is 0. The van der Waals surface area contributed by atoms with E-state index in [1.54, 1.807) is 4.90 Å². The lowest BCUT2D eigenvalue weighted by Gasteiger charge is -2.31. The van der Waals surface area contributed by atoms with Gasteiger partial charge in [0, 0.05) is 17.6 Å². The van der Waals surface area contributed by atoms with Crippen molar-refractivity contribution in [2.75, 3.05) is 6.61 Å². The molecule has 0 saturated heterocycles. The number of carbonyl (C=O) groups is 2. The van der Waals surface area contributed by atoms with Gasteiger partial charge in [0.2, 0.25) is 5.91 Å². The first-order valence-electron chi connectivity index (χ1n) is 10.7. The molecule has 0 bridgehead atoms. The predicted molar refractivity (Wildman–Crippen MR) is 126 cm³/mol. The van der Waals surface area contributed by atoms with Crippen LogP contribution in [0.25, 0.3) is 0 Å². The third-order valence-electron chi connectivity index (χ3n) is 5.06. The zero-order valence-electron chi connectivity index (χ0n) is 19.3. The van der Waals surface area contributed by atoms with E-state index in [2.05, 4.69) is 5.32 Å². The molecule has 1 atom stereocenters. The van der Waals surface area contributed by atoms with Crippen LogP contribution in [-0.4, -0.2) is 35.4 Å². The van der Waals surface area contributed by atoms with Crippen LogP contribution in [0.5, 0.6) is 5.75 Å². The Hall–Kier alpha value is -2.53. The molecule has 2 amide bonds. The van der Waals surface area contributed by atoms with Crippen LogP contribution in [0, 0.1) is 20.8 Å². The van der Waals surface area contributed by atoms with Gasteiger partial charge in [0.15, 0.2) is 6.61 Å². The average Bonchev–Trinajstić information content (AvgIpc) is 2.70. The molecular weight excluding hydrogens is 412 g/mol. The molecule has 0 aliphatic heterocycles. The summed E-state index contributed by atoms with van der Waals surface area (Å²) in [6.45, 7) is 11.7. The van der Waals surface area contributed by atoms with Gasteiger partial charge < -0.3 is 15.0 Å². The largest absolute Gasteiger partial charge is 0.484 e. The summed E-state index contributed by atoms with van der Waals surface area (Å²) in [5, 5.41) is 3.62. The molecule has 0 saturated carbocycles. The molecule has 0 fully saturated rings. The molecule has 6 heteroatoms. The molecule has 0 heterocycles. The molecular formula is C25H33ClN2O3. The molecule has 0 aromatic heterocycles. The molecule has 0 unspecified atom stereocenters. The summed E-state index contributed by atoms with van der Waals surface area (Å²) in [6, 6.07) is 11.0. The molecule has 5 nitrogen and oxygen atoms in total. The summed E-state index contributed by atoms with van der Waals surface area (Å²) >= 11 is 6.23. The van der Waals surface area contributed by atoms with E-state index in [4.69, 9.17) is 16.3 Å². The van der Waals surface area contributed by atoms with E-state index < -0.39 is 6.04 Å². The zero-order valence-corrected chi connectivity index (χ0v) is 20.0. The zero-order chi connectivity index (χ0) is 23.1. The Labute approximate surface area is 190 Å². The fourth-order valence-corrected chi connectivity index (χ4v) is 3.52. The monoisotopic (exact) mass is 444 g/mol. The molecule has 2 rings (SSSR count). The van der Waals surface area contributed by atoms with Gasteiger partial charge in [-0.2, -0.15) is 0 Å². The maximum Gasteiger partial charge on any atom is 0.261 e. The first kappa shape index (κ1) is 24.7. The van der Waals surface area contributed by atoms with Gasteiger partial charge in [-0.05, 0) is 69.9 Å². The van der Waals surface area contributed by atoms with Crippen LogP contribution in [0.1, 0.15) is 49.4 Å². The van der Waals surface area contributed by atoms with Crippen molar-refractivity contribution in [1.82, 2.24) is 10.2 Å². The van der Waals surface area contributed by atoms with Crippen LogP contribution in [-0.2, 0) is 16.1 Å². The fourth-order valence-electron chi connectivity index (χ4n) is 3.41. The summed E-state index contributed by atoms with van der Waals surface area (Å²) in [6.07, 6.45) is 0.509. The van der Waals surface area contributed by atoms with Gasteiger partial charge in [-0.25, -0.2) is 0 Å². The summed E-state index contributed by atoms with van der Waals surface area (Å²) < 4.78 is 5.80. The number of ether oxygens (including phenoxy) is 1. The summed E-state index contributed by atoms with van der Waals surface area (Å²) in [4.78, 5) is 27.6. The molecule has 2 aromatic rings. The van der Waals surface area contributed by atoms with Crippen molar-refractivity contribution in [1.29, 1.82) is 0 Å². The highest BCUT2D eigenvalue weighted by molar-refractivity contribution is 6.32. The van der Waals surface area contributed by atoms with Crippen molar-refractivity contribution in [2.45, 2.75) is 66.6 Å². The van der Waals surface area contributed by atoms with E-state index in [-0.39, 0.29) is 24.5 Å². The van der Waals surface area contributed by atoms with Gasteiger partial charge in [0.05, 0.1) is 0 Å². The quantitative estimate of drug-likeness (QED) is 0.593. The minimum absolute atomic E-state index is 0.00542. The number of nitrogens with one attached hydrogen (secondary N) is 1. The number of rotatable bonds is 9. The van der Waals surface area contributed by atoms with Crippen LogP contribution in [0.15, 0.2) is 36.4 Å². The standard InChI is InChI=1S/C25H33ClN2O3/c1-7-22(25(30)27-16(2)3)28(14-20-10-8-17(4)9-11-20)23(29)15-31-21-12-18(5)24(26)19(6)13-21/h8-13,16,22H,7,14-15H2,1-6H3,(H,27,30)/t22-/m1/s1. The molecule has 0 aliphatic carbocycles. The Bertz CT molecular complexity index is 886. The number of hydrogen-bond acceptors (Lipinski definition) is 3. The second kappa shape index (κ2) is 11.2. The first-order valence-corrected chi connectivity index (χ1v) is 11.0. The van der Waals surface area contributed by atoms with Crippen molar-refractivity contribution in [3.8, 4) is 5.75 Å². The van der Waals surface area contributed by atoms with Gasteiger partial charge in [-0.1, -0.05) is 48.4 Å². The van der Waals surface area contributed by atoms with Gasteiger partial charge >= 0.3 is 0 Å². The number of aryl methyl sites for hydroxylation is 3. The first-order chi connectivity index (χ1) is 14.6. The molecule has 0 aliphatic rings. The van der Waals surface area contributed by atoms with Crippen molar-refractivity contribution < 1.29 is 14.3 Å². The highest BCUT2D eigenvalue weighted by atomic mass is 35.5. The lowest BCUT2D eigenvalue weighted by molar-refractivity contribution is -0.143. The van der Waals surface area contributed by atoms with Crippen LogP contribution < -0.4 is 10.1 Å². The smallest absolute Gasteiger partial charge is 0.261 e.